The predicted octanol–water partition coefficient (Wildman–Crippen LogP) is 4.67. The van der Waals surface area contributed by atoms with Gasteiger partial charge in [-0.3, -0.25) is 14.5 Å². The van der Waals surface area contributed by atoms with Gasteiger partial charge < -0.3 is 19.8 Å². The van der Waals surface area contributed by atoms with Crippen LogP contribution in [0.25, 0.3) is 22.0 Å². The quantitative estimate of drug-likeness (QED) is 0.228. The van der Waals surface area contributed by atoms with Crippen molar-refractivity contribution < 1.29 is 22.7 Å². The number of carbonyl (C=O) groups is 1. The van der Waals surface area contributed by atoms with Crippen LogP contribution in [0.4, 0.5) is 0 Å². The monoisotopic (exact) mass is 644 g/mol. The predicted molar refractivity (Wildman–Crippen MR) is 179 cm³/mol. The maximum absolute atomic E-state index is 14.1. The number of hydrogen-bond acceptors (Lipinski definition) is 7. The van der Waals surface area contributed by atoms with E-state index in [2.05, 4.69) is 33.9 Å². The highest BCUT2D eigenvalue weighted by molar-refractivity contribution is 7.91. The molecular weight excluding hydrogens is 604 g/mol. The number of aromatic nitrogens is 2. The molecule has 1 aliphatic carbocycles. The second-order valence-corrected chi connectivity index (χ2v) is 14.5. The fraction of sp³-hybridized carbons (Fsp3) is 0.371. The Morgan fingerprint density at radius 1 is 1.11 bits per heavy atom. The maximum atomic E-state index is 14.1. The number of allylic oxidation sites excluding steroid dienone is 1. The molecule has 10 nitrogen and oxygen atoms in total. The molecule has 0 bridgehead atoms. The van der Waals surface area contributed by atoms with Gasteiger partial charge in [0.2, 0.25) is 10.0 Å². The fourth-order valence-corrected chi connectivity index (χ4v) is 8.43. The molecule has 3 heterocycles. The Balaban J connectivity index is 1.42. The van der Waals surface area contributed by atoms with Crippen LogP contribution in [0.2, 0.25) is 0 Å². The summed E-state index contributed by atoms with van der Waals surface area (Å²) >= 11 is 0. The lowest BCUT2D eigenvalue weighted by Crippen LogP contribution is -2.35. The van der Waals surface area contributed by atoms with E-state index in [0.29, 0.717) is 63.9 Å². The molecule has 2 fully saturated rings. The lowest BCUT2D eigenvalue weighted by molar-refractivity contribution is 0.0342. The molecule has 4 aromatic rings. The largest absolute Gasteiger partial charge is 0.496 e. The van der Waals surface area contributed by atoms with E-state index in [9.17, 15) is 18.0 Å². The molecule has 2 aromatic carbocycles. The van der Waals surface area contributed by atoms with Crippen molar-refractivity contribution in [2.45, 2.75) is 50.9 Å². The van der Waals surface area contributed by atoms with Crippen molar-refractivity contribution in [3.8, 4) is 16.9 Å². The molecule has 1 saturated carbocycles. The summed E-state index contributed by atoms with van der Waals surface area (Å²) in [5, 5.41) is 3.44. The van der Waals surface area contributed by atoms with Crippen LogP contribution in [0, 0.1) is 13.8 Å². The number of rotatable bonds is 11. The SMILES string of the molecule is C=CCC1(S(=O)(=O)n2cc(C)c3c(C(=O)NCc4c(OC)cc(C)[nH]c4=O)cc(-c4ccc(CN5CCOCC5)cc4)cc32)CC1. The Morgan fingerprint density at radius 3 is 2.48 bits per heavy atom. The second-order valence-electron chi connectivity index (χ2n) is 12.3. The molecular formula is C35H40N4O6S. The molecule has 2 aromatic heterocycles. The Morgan fingerprint density at radius 2 is 1.83 bits per heavy atom. The van der Waals surface area contributed by atoms with Gasteiger partial charge in [0.25, 0.3) is 11.5 Å². The first-order chi connectivity index (χ1) is 22.1. The van der Waals surface area contributed by atoms with Crippen LogP contribution in [0.5, 0.6) is 5.75 Å². The van der Waals surface area contributed by atoms with E-state index in [1.807, 2.05) is 25.1 Å². The van der Waals surface area contributed by atoms with E-state index < -0.39 is 20.7 Å². The number of ether oxygens (including phenoxy) is 2. The third kappa shape index (κ3) is 5.90. The molecule has 2 N–H and O–H groups in total. The minimum absolute atomic E-state index is 0.0694. The standard InChI is InChI=1S/C35H40N4O6S/c1-5-10-35(11-12-35)46(42,43)39-21-23(2)32-28(33(40)36-20-29-31(44-4)17-24(3)37-34(29)41)18-27(19-30(32)39)26-8-6-25(7-9-26)22-38-13-15-45-16-14-38/h5-9,17-19,21H,1,10-16,20,22H2,2-4H3,(H,36,40)(H,37,41). The molecule has 6 rings (SSSR count). The lowest BCUT2D eigenvalue weighted by Gasteiger charge is -2.26. The average Bonchev–Trinajstić information content (AvgIpc) is 3.76. The molecule has 2 aliphatic rings. The summed E-state index contributed by atoms with van der Waals surface area (Å²) in [6, 6.07) is 13.5. The van der Waals surface area contributed by atoms with Crippen molar-refractivity contribution in [2.75, 3.05) is 33.4 Å². The minimum Gasteiger partial charge on any atom is -0.496 e. The number of aryl methyl sites for hydroxylation is 2. The van der Waals surface area contributed by atoms with Crippen molar-refractivity contribution in [3.05, 3.63) is 99.6 Å². The van der Waals surface area contributed by atoms with Gasteiger partial charge in [0.15, 0.2) is 0 Å². The summed E-state index contributed by atoms with van der Waals surface area (Å²) in [5.74, 6) is -0.0497. The number of pyridine rings is 1. The number of benzene rings is 2. The highest BCUT2D eigenvalue weighted by atomic mass is 32.2. The summed E-state index contributed by atoms with van der Waals surface area (Å²) in [5.41, 5.74) is 4.75. The normalized spacial score (nSPS) is 16.3. The summed E-state index contributed by atoms with van der Waals surface area (Å²) in [6.07, 6.45) is 4.75. The van der Waals surface area contributed by atoms with E-state index in [-0.39, 0.29) is 12.1 Å². The summed E-state index contributed by atoms with van der Waals surface area (Å²) < 4.78 is 39.5. The number of aromatic amines is 1. The lowest BCUT2D eigenvalue weighted by atomic mass is 9.97. The molecule has 0 spiro atoms. The first kappa shape index (κ1) is 31.8. The third-order valence-corrected chi connectivity index (χ3v) is 11.6. The van der Waals surface area contributed by atoms with Crippen molar-refractivity contribution in [1.29, 1.82) is 0 Å². The van der Waals surface area contributed by atoms with Crippen LogP contribution in [0.3, 0.4) is 0 Å². The van der Waals surface area contributed by atoms with Crippen molar-refractivity contribution in [3.63, 3.8) is 0 Å². The van der Waals surface area contributed by atoms with E-state index >= 15 is 0 Å². The van der Waals surface area contributed by atoms with Gasteiger partial charge in [0.1, 0.15) is 5.75 Å². The molecule has 1 saturated heterocycles. The number of carbonyl (C=O) groups excluding carboxylic acids is 1. The zero-order chi connectivity index (χ0) is 32.6. The van der Waals surface area contributed by atoms with Crippen molar-refractivity contribution in [2.24, 2.45) is 0 Å². The number of nitrogens with zero attached hydrogens (tertiary/aromatic N) is 2. The first-order valence-corrected chi connectivity index (χ1v) is 17.0. The topological polar surface area (TPSA) is 123 Å². The Labute approximate surface area is 269 Å². The number of H-pyrrole nitrogens is 1. The summed E-state index contributed by atoms with van der Waals surface area (Å²) in [4.78, 5) is 31.8. The van der Waals surface area contributed by atoms with E-state index in [4.69, 9.17) is 9.47 Å². The van der Waals surface area contributed by atoms with Crippen LogP contribution in [-0.2, 0) is 27.8 Å². The van der Waals surface area contributed by atoms with Crippen molar-refractivity contribution >= 4 is 26.8 Å². The van der Waals surface area contributed by atoms with Crippen molar-refractivity contribution in [1.82, 2.24) is 19.2 Å². The van der Waals surface area contributed by atoms with Crippen LogP contribution in [0.1, 0.15) is 52.0 Å². The van der Waals surface area contributed by atoms with E-state index in [0.717, 1.165) is 44.0 Å². The molecule has 0 atom stereocenters. The smallest absolute Gasteiger partial charge is 0.256 e. The Hall–Kier alpha value is -4.19. The van der Waals surface area contributed by atoms with Gasteiger partial charge in [0, 0.05) is 42.5 Å². The Bertz CT molecular complexity index is 1970. The molecule has 0 unspecified atom stereocenters. The van der Waals surface area contributed by atoms with Gasteiger partial charge in [-0.05, 0) is 73.6 Å². The zero-order valence-corrected chi connectivity index (χ0v) is 27.3. The number of amides is 1. The van der Waals surface area contributed by atoms with Gasteiger partial charge in [-0.2, -0.15) is 0 Å². The highest BCUT2D eigenvalue weighted by Crippen LogP contribution is 2.49. The summed E-state index contributed by atoms with van der Waals surface area (Å²) in [6.45, 7) is 11.3. The van der Waals surface area contributed by atoms with Gasteiger partial charge >= 0.3 is 0 Å². The van der Waals surface area contributed by atoms with E-state index in [1.165, 1.54) is 11.1 Å². The number of hydrogen-bond donors (Lipinski definition) is 2. The number of fused-ring (bicyclic) bond motifs is 1. The van der Waals surface area contributed by atoms with E-state index in [1.54, 1.807) is 31.3 Å². The average molecular weight is 645 g/mol. The maximum Gasteiger partial charge on any atom is 0.256 e. The number of nitrogens with one attached hydrogen (secondary N) is 2. The fourth-order valence-electron chi connectivity index (χ4n) is 6.37. The second kappa shape index (κ2) is 12.5. The summed E-state index contributed by atoms with van der Waals surface area (Å²) in [7, 11) is -2.32. The third-order valence-electron chi connectivity index (χ3n) is 9.11. The molecule has 1 aliphatic heterocycles. The first-order valence-electron chi connectivity index (χ1n) is 15.5. The minimum atomic E-state index is -3.80. The number of morpholine rings is 1. The molecule has 1 amide bonds. The molecule has 46 heavy (non-hydrogen) atoms. The molecule has 11 heteroatoms. The van der Waals surface area contributed by atoms with Crippen LogP contribution < -0.4 is 15.6 Å². The molecule has 242 valence electrons. The van der Waals surface area contributed by atoms with Crippen LogP contribution in [0.15, 0.2) is 66.1 Å². The highest BCUT2D eigenvalue weighted by Gasteiger charge is 2.54. The Kier molecular flexibility index (Phi) is 8.66. The molecule has 0 radical (unpaired) electrons. The van der Waals surface area contributed by atoms with Gasteiger partial charge in [-0.25, -0.2) is 12.4 Å². The van der Waals surface area contributed by atoms with Crippen LogP contribution >= 0.6 is 0 Å². The zero-order valence-electron chi connectivity index (χ0n) is 26.5. The van der Waals surface area contributed by atoms with Gasteiger partial charge in [-0.1, -0.05) is 30.3 Å². The van der Waals surface area contributed by atoms with Gasteiger partial charge in [-0.15, -0.1) is 6.58 Å². The number of methoxy groups -OCH3 is 1. The van der Waals surface area contributed by atoms with Crippen LogP contribution in [-0.4, -0.2) is 66.3 Å². The van der Waals surface area contributed by atoms with Gasteiger partial charge in [0.05, 0.1) is 42.7 Å².